The van der Waals surface area contributed by atoms with Gasteiger partial charge in [0.25, 0.3) is 5.91 Å². The molecule has 1 spiro atoms. The summed E-state index contributed by atoms with van der Waals surface area (Å²) in [5, 5.41) is 19.9. The predicted molar refractivity (Wildman–Crippen MR) is 85.3 cm³/mol. The van der Waals surface area contributed by atoms with Gasteiger partial charge < -0.3 is 20.1 Å². The molecule has 2 aliphatic heterocycles. The molecule has 2 saturated heterocycles. The van der Waals surface area contributed by atoms with Crippen LogP contribution in [0.15, 0.2) is 12.4 Å². The number of ether oxygens (including phenoxy) is 1. The molecule has 0 aromatic carbocycles. The topological polar surface area (TPSA) is 108 Å². The van der Waals surface area contributed by atoms with Gasteiger partial charge in [-0.3, -0.25) is 14.7 Å². The molecule has 3 rings (SSSR count). The Bertz CT molecular complexity index is 606. The van der Waals surface area contributed by atoms with Crippen molar-refractivity contribution in [2.75, 3.05) is 19.7 Å². The van der Waals surface area contributed by atoms with Crippen molar-refractivity contribution in [3.8, 4) is 0 Å². The summed E-state index contributed by atoms with van der Waals surface area (Å²) in [5.41, 5.74) is -0.917. The number of aromatic nitrogens is 2. The molecule has 3 N–H and O–H groups in total. The normalized spacial score (nSPS) is 29.5. The van der Waals surface area contributed by atoms with Crippen LogP contribution in [0.5, 0.6) is 0 Å². The van der Waals surface area contributed by atoms with Crippen molar-refractivity contribution in [1.29, 1.82) is 0 Å². The second kappa shape index (κ2) is 6.18. The van der Waals surface area contributed by atoms with Crippen LogP contribution >= 0.6 is 0 Å². The Morgan fingerprint density at radius 1 is 1.46 bits per heavy atom. The monoisotopic (exact) mass is 336 g/mol. The molecule has 0 aliphatic carbocycles. The first kappa shape index (κ1) is 16.9. The molecule has 3 heterocycles. The lowest BCUT2D eigenvalue weighted by Crippen LogP contribution is -2.63. The average molecular weight is 336 g/mol. The molecular formula is C16H24N4O4. The van der Waals surface area contributed by atoms with Crippen LogP contribution in [0.1, 0.15) is 43.5 Å². The van der Waals surface area contributed by atoms with Crippen molar-refractivity contribution >= 4 is 11.8 Å². The Morgan fingerprint density at radius 3 is 2.71 bits per heavy atom. The van der Waals surface area contributed by atoms with E-state index in [9.17, 15) is 14.7 Å². The lowest BCUT2D eigenvalue weighted by atomic mass is 9.75. The van der Waals surface area contributed by atoms with Crippen molar-refractivity contribution in [2.24, 2.45) is 0 Å². The lowest BCUT2D eigenvalue weighted by molar-refractivity contribution is -0.187. The van der Waals surface area contributed by atoms with E-state index in [1.54, 1.807) is 18.0 Å². The lowest BCUT2D eigenvalue weighted by Gasteiger charge is -2.51. The molecule has 0 radical (unpaired) electrons. The minimum atomic E-state index is -1.03. The van der Waals surface area contributed by atoms with E-state index in [0.717, 1.165) is 0 Å². The van der Waals surface area contributed by atoms with Crippen molar-refractivity contribution < 1.29 is 19.4 Å². The number of aliphatic hydroxyl groups is 1. The summed E-state index contributed by atoms with van der Waals surface area (Å²) in [5.74, 6) is -0.224. The molecular weight excluding hydrogens is 312 g/mol. The number of nitrogens with one attached hydrogen (secondary N) is 2. The van der Waals surface area contributed by atoms with Gasteiger partial charge in [0.15, 0.2) is 0 Å². The number of H-pyrrole nitrogens is 1. The second-order valence-electron chi connectivity index (χ2n) is 7.06. The summed E-state index contributed by atoms with van der Waals surface area (Å²) < 4.78 is 6.04. The number of piperidine rings is 1. The first-order chi connectivity index (χ1) is 11.3. The average Bonchev–Trinajstić information content (AvgIpc) is 3.04. The summed E-state index contributed by atoms with van der Waals surface area (Å²) in [6.07, 6.45) is 4.89. The largest absolute Gasteiger partial charge is 0.388 e. The van der Waals surface area contributed by atoms with E-state index in [1.165, 1.54) is 13.1 Å². The van der Waals surface area contributed by atoms with E-state index in [0.29, 0.717) is 37.9 Å². The molecule has 24 heavy (non-hydrogen) atoms. The van der Waals surface area contributed by atoms with Crippen molar-refractivity contribution in [3.63, 3.8) is 0 Å². The highest BCUT2D eigenvalue weighted by Gasteiger charge is 2.49. The van der Waals surface area contributed by atoms with Gasteiger partial charge in [0.1, 0.15) is 0 Å². The van der Waals surface area contributed by atoms with Gasteiger partial charge in [0.2, 0.25) is 5.91 Å². The molecule has 2 aliphatic rings. The van der Waals surface area contributed by atoms with Crippen LogP contribution in [0.25, 0.3) is 0 Å². The number of rotatable bonds is 2. The number of likely N-dealkylation sites (tertiary alicyclic amines) is 1. The highest BCUT2D eigenvalue weighted by molar-refractivity contribution is 5.93. The molecule has 2 atom stereocenters. The molecule has 0 bridgehead atoms. The number of amides is 2. The van der Waals surface area contributed by atoms with Gasteiger partial charge in [0.05, 0.1) is 35.6 Å². The fraction of sp³-hybridized carbons (Fsp3) is 0.688. The Morgan fingerprint density at radius 2 is 2.17 bits per heavy atom. The zero-order valence-corrected chi connectivity index (χ0v) is 14.0. The molecule has 1 aromatic heterocycles. The fourth-order valence-electron chi connectivity index (χ4n) is 3.70. The molecule has 0 saturated carbocycles. The minimum Gasteiger partial charge on any atom is -0.388 e. The van der Waals surface area contributed by atoms with Crippen molar-refractivity contribution in [3.05, 3.63) is 18.0 Å². The number of hydrogen-bond donors (Lipinski definition) is 3. The quantitative estimate of drug-likeness (QED) is 0.708. The number of aromatic amines is 1. The number of hydrogen-bond acceptors (Lipinski definition) is 5. The zero-order valence-electron chi connectivity index (χ0n) is 14.0. The van der Waals surface area contributed by atoms with E-state index >= 15 is 0 Å². The standard InChI is InChI=1S/C16H24N4O4/c1-11(21)19-13-9-24-16(10-15(13,2)23)3-5-20(6-4-16)14(22)12-7-17-18-8-12/h7-8,13,23H,3-6,9-10H2,1-2H3,(H,17,18)(H,19,21)/t13-,15-/m0/s1. The summed E-state index contributed by atoms with van der Waals surface area (Å²) >= 11 is 0. The maximum absolute atomic E-state index is 12.4. The fourth-order valence-corrected chi connectivity index (χ4v) is 3.70. The van der Waals surface area contributed by atoms with Crippen LogP contribution in [-0.2, 0) is 9.53 Å². The van der Waals surface area contributed by atoms with Crippen LogP contribution in [-0.4, -0.2) is 69.0 Å². The number of carbonyl (C=O) groups excluding carboxylic acids is 2. The maximum atomic E-state index is 12.4. The molecule has 132 valence electrons. The third-order valence-electron chi connectivity index (χ3n) is 5.07. The van der Waals surface area contributed by atoms with Crippen molar-refractivity contribution in [1.82, 2.24) is 20.4 Å². The van der Waals surface area contributed by atoms with Gasteiger partial charge in [-0.1, -0.05) is 0 Å². The Kier molecular flexibility index (Phi) is 4.35. The molecule has 2 fully saturated rings. The van der Waals surface area contributed by atoms with Crippen LogP contribution in [0.4, 0.5) is 0 Å². The van der Waals surface area contributed by atoms with Crippen LogP contribution in [0.3, 0.4) is 0 Å². The third kappa shape index (κ3) is 3.29. The van der Waals surface area contributed by atoms with Crippen LogP contribution in [0, 0.1) is 0 Å². The van der Waals surface area contributed by atoms with Crippen molar-refractivity contribution in [2.45, 2.75) is 50.4 Å². The molecule has 0 unspecified atom stereocenters. The molecule has 8 heteroatoms. The summed E-state index contributed by atoms with van der Waals surface area (Å²) in [4.78, 5) is 25.4. The van der Waals surface area contributed by atoms with Gasteiger partial charge in [-0.25, -0.2) is 0 Å². The number of carbonyl (C=O) groups is 2. The van der Waals surface area contributed by atoms with E-state index in [2.05, 4.69) is 15.5 Å². The van der Waals surface area contributed by atoms with E-state index in [4.69, 9.17) is 4.74 Å². The summed E-state index contributed by atoms with van der Waals surface area (Å²) in [6.45, 7) is 4.60. The van der Waals surface area contributed by atoms with E-state index < -0.39 is 17.2 Å². The molecule has 2 amide bonds. The van der Waals surface area contributed by atoms with Crippen LogP contribution < -0.4 is 5.32 Å². The maximum Gasteiger partial charge on any atom is 0.257 e. The first-order valence-electron chi connectivity index (χ1n) is 8.23. The Hall–Kier alpha value is -1.93. The highest BCUT2D eigenvalue weighted by atomic mass is 16.5. The highest BCUT2D eigenvalue weighted by Crippen LogP contribution is 2.39. The molecule has 1 aromatic rings. The Labute approximate surface area is 140 Å². The van der Waals surface area contributed by atoms with E-state index in [-0.39, 0.29) is 18.4 Å². The predicted octanol–water partition coefficient (Wildman–Crippen LogP) is 0.0605. The smallest absolute Gasteiger partial charge is 0.257 e. The van der Waals surface area contributed by atoms with Gasteiger partial charge in [-0.05, 0) is 19.8 Å². The third-order valence-corrected chi connectivity index (χ3v) is 5.07. The number of nitrogens with zero attached hydrogens (tertiary/aromatic N) is 2. The second-order valence-corrected chi connectivity index (χ2v) is 7.06. The summed E-state index contributed by atoms with van der Waals surface area (Å²) in [6, 6.07) is -0.411. The van der Waals surface area contributed by atoms with Gasteiger partial charge in [-0.15, -0.1) is 0 Å². The molecule has 8 nitrogen and oxygen atoms in total. The minimum absolute atomic E-state index is 0.0442. The van der Waals surface area contributed by atoms with Crippen LogP contribution in [0.2, 0.25) is 0 Å². The van der Waals surface area contributed by atoms with Gasteiger partial charge in [0, 0.05) is 32.6 Å². The first-order valence-corrected chi connectivity index (χ1v) is 8.23. The van der Waals surface area contributed by atoms with Gasteiger partial charge in [-0.2, -0.15) is 5.10 Å². The Balaban J connectivity index is 1.62. The van der Waals surface area contributed by atoms with E-state index in [1.807, 2.05) is 0 Å². The van der Waals surface area contributed by atoms with Gasteiger partial charge >= 0.3 is 0 Å². The SMILES string of the molecule is CC(=O)N[C@H]1COC2(CCN(C(=O)c3cn[nH]c3)CC2)C[C@]1(C)O. The zero-order chi connectivity index (χ0) is 17.4. The summed E-state index contributed by atoms with van der Waals surface area (Å²) in [7, 11) is 0.